The van der Waals surface area contributed by atoms with E-state index in [1.165, 1.54) is 13.8 Å². The Balaban J connectivity index is 7.90. The van der Waals surface area contributed by atoms with Crippen molar-refractivity contribution in [3.63, 3.8) is 0 Å². The zero-order chi connectivity index (χ0) is 82.7. The van der Waals surface area contributed by atoms with Gasteiger partial charge in [-0.25, -0.2) is 10.2 Å². The van der Waals surface area contributed by atoms with Crippen molar-refractivity contribution in [3.05, 3.63) is 0 Å². The molecule has 0 fully saturated rings. The van der Waals surface area contributed by atoms with Crippen LogP contribution >= 0.6 is 0 Å². The molecule has 0 aliphatic heterocycles. The second-order valence-corrected chi connectivity index (χ2v) is 25.1. The van der Waals surface area contributed by atoms with Crippen molar-refractivity contribution in [2.75, 3.05) is 52.4 Å². The fourth-order valence-corrected chi connectivity index (χ4v) is 10.4. The number of rotatable bonds is 58. The zero-order valence-corrected chi connectivity index (χ0v) is 62.2. The molecule has 0 aliphatic carbocycles. The van der Waals surface area contributed by atoms with Crippen LogP contribution in [0, 0.1) is 11.8 Å². The summed E-state index contributed by atoms with van der Waals surface area (Å²) in [7, 11) is 0. The number of urea groups is 1. The zero-order valence-electron chi connectivity index (χ0n) is 62.2. The number of aliphatic imine (C=N–C) groups is 8. The number of carbonyl (C=O) groups excluding carboxylic acids is 11. The Labute approximate surface area is 631 Å². The van der Waals surface area contributed by atoms with Crippen LogP contribution in [0.5, 0.6) is 0 Å². The Kier molecular flexibility index (Phi) is 48.5. The van der Waals surface area contributed by atoms with Gasteiger partial charge in [-0.15, -0.1) is 0 Å². The molecule has 0 bridgehead atoms. The topological polar surface area (TPSA) is 887 Å². The van der Waals surface area contributed by atoms with E-state index in [2.05, 4.69) is 93.3 Å². The summed E-state index contributed by atoms with van der Waals surface area (Å²) in [5.41, 5.74) is 99.5. The molecule has 109 heavy (non-hydrogen) atoms. The first-order valence-corrected chi connectivity index (χ1v) is 35.2. The van der Waals surface area contributed by atoms with Crippen LogP contribution in [0.25, 0.3) is 0 Å². The molecule has 0 aliphatic rings. The molecular formula is C61H119N35O13. The van der Waals surface area contributed by atoms with Gasteiger partial charge in [-0.3, -0.25) is 98.1 Å². The maximum absolute atomic E-state index is 14.9. The molecule has 0 radical (unpaired) electrons. The van der Waals surface area contributed by atoms with Gasteiger partial charge in [-0.2, -0.15) is 0 Å². The molecular weight excluding hydrogens is 1430 g/mol. The number of carboxylic acids is 1. The fraction of sp³-hybridized carbons (Fsp3) is 0.672. The molecule has 0 aromatic heterocycles. The van der Waals surface area contributed by atoms with Crippen molar-refractivity contribution in [2.45, 2.75) is 197 Å². The van der Waals surface area contributed by atoms with Gasteiger partial charge in [-0.1, -0.05) is 13.8 Å². The molecule has 616 valence electrons. The third kappa shape index (κ3) is 46.5. The lowest BCUT2D eigenvalue weighted by atomic mass is 9.89. The second kappa shape index (κ2) is 54.5. The monoisotopic (exact) mass is 1550 g/mol. The highest BCUT2D eigenvalue weighted by molar-refractivity contribution is 6.41. The van der Waals surface area contributed by atoms with E-state index in [-0.39, 0.29) is 222 Å². The highest BCUT2D eigenvalue weighted by atomic mass is 16.4. The minimum atomic E-state index is -1.66. The lowest BCUT2D eigenvalue weighted by Crippen LogP contribution is -2.60. The normalized spacial score (nSPS) is 13.7. The number of amides is 10. The Hall–Kier alpha value is -12.0. The summed E-state index contributed by atoms with van der Waals surface area (Å²) in [5.74, 6) is -15.1. The number of nitrogens with two attached hydrogens (primary N) is 17. The molecule has 0 rings (SSSR count). The number of Topliss-reactive ketones (excluding diaryl/α,β-unsaturated/α-hetero) is 2. The maximum atomic E-state index is 14.9. The summed E-state index contributed by atoms with van der Waals surface area (Å²) in [6.45, 7) is 3.95. The van der Waals surface area contributed by atoms with Gasteiger partial charge in [0.05, 0.1) is 18.0 Å². The van der Waals surface area contributed by atoms with Gasteiger partial charge in [0.15, 0.2) is 47.7 Å². The standard InChI is InChI=1S/C61H119N35O13/c1-4-34(87-32(3)97)30-33(52(107)108)29-31(2)45(100)96-95-42(20-12-28-86-60(76)77)51(106)93-41(19-11-27-85-59(74)75)50(105)92-40(18-10-26-84-58(72)73)49(104)91-39(17-9-25-83-57(70)71)48(103)90-38(16-8-24-82-56(68)69)47(102)89-37(15-7-23-81-55(66)67)46(101)88-35(13-5-21-79-53(62)63)43(98)44(99)36(94-61(78)109)14-6-22-80-54(64)65/h31,33-42,95H,4-30H2,1-3H3,(H,87,97)(H,88,101)(H,89,102)(H,90,103)(H,91,104)(H,92,105)(H,93,106)(H,96,100)(H,107,108)(H4,62,63,79)(H4,64,65,80)(H4,66,67,81)(H4,68,69,82)(H4,70,71,83)(H4,72,73,84)(H4,74,75,85)(H4,76,77,86)(H3,78,94,109)/t31?,33?,34?,35?,36-,37-,38?,39-,40?,41-,42?/m0/s1. The molecule has 48 heteroatoms. The second-order valence-electron chi connectivity index (χ2n) is 25.1. The van der Waals surface area contributed by atoms with E-state index < -0.39 is 131 Å². The summed E-state index contributed by atoms with van der Waals surface area (Å²) in [6, 6.07) is -14.1. The maximum Gasteiger partial charge on any atom is 0.312 e. The van der Waals surface area contributed by atoms with Crippen molar-refractivity contribution in [1.82, 2.24) is 53.4 Å². The summed E-state index contributed by atoms with van der Waals surface area (Å²) < 4.78 is 0. The summed E-state index contributed by atoms with van der Waals surface area (Å²) in [4.78, 5) is 198. The van der Waals surface area contributed by atoms with Crippen LogP contribution in [-0.2, 0) is 52.7 Å². The van der Waals surface area contributed by atoms with Crippen LogP contribution in [0.15, 0.2) is 39.9 Å². The Morgan fingerprint density at radius 1 is 0.312 bits per heavy atom. The van der Waals surface area contributed by atoms with E-state index in [0.29, 0.717) is 6.42 Å². The van der Waals surface area contributed by atoms with Crippen molar-refractivity contribution in [2.24, 2.45) is 149 Å². The summed E-state index contributed by atoms with van der Waals surface area (Å²) >= 11 is 0. The minimum absolute atomic E-state index is 0.00232. The predicted octanol–water partition coefficient (Wildman–Crippen LogP) is -11.5. The smallest absolute Gasteiger partial charge is 0.312 e. The predicted molar refractivity (Wildman–Crippen MR) is 410 cm³/mol. The first-order valence-electron chi connectivity index (χ1n) is 35.2. The van der Waals surface area contributed by atoms with Crippen molar-refractivity contribution >= 4 is 119 Å². The number of primary amides is 1. The molecule has 0 heterocycles. The number of nitrogens with one attached hydrogen (secondary N) is 10. The van der Waals surface area contributed by atoms with Crippen molar-refractivity contribution in [1.29, 1.82) is 0 Å². The van der Waals surface area contributed by atoms with E-state index in [1.807, 2.05) is 0 Å². The fourth-order valence-electron chi connectivity index (χ4n) is 10.4. The van der Waals surface area contributed by atoms with Crippen LogP contribution in [0.2, 0.25) is 0 Å². The number of nitrogens with zero attached hydrogens (tertiary/aromatic N) is 8. The van der Waals surface area contributed by atoms with Crippen LogP contribution in [0.3, 0.4) is 0 Å². The summed E-state index contributed by atoms with van der Waals surface area (Å²) in [6.07, 6.45) is -1.39. The number of aliphatic carboxylic acids is 1. The van der Waals surface area contributed by atoms with Gasteiger partial charge in [-0.05, 0) is 122 Å². The Bertz CT molecular complexity index is 3190. The molecule has 10 amide bonds. The first-order chi connectivity index (χ1) is 51.3. The lowest BCUT2D eigenvalue weighted by molar-refractivity contribution is -0.143. The average molecular weight is 1550 g/mol. The minimum Gasteiger partial charge on any atom is -0.481 e. The van der Waals surface area contributed by atoms with Crippen LogP contribution in [-0.4, -0.2) is 230 Å². The SMILES string of the molecule is CCC(CC(CC(C)C(=O)NNC(CCCN=C(N)N)C(=O)N[C@@H](CCCN=C(N)N)C(=O)NC(CCCN=C(N)N)C(=O)N[C@@H](CCCN=C(N)N)C(=O)NC(CCCN=C(N)N)C(=O)N[C@@H](CCCN=C(N)N)C(=O)NC(CCCN=C(N)N)C(=O)C(=O)[C@H](CCCN=C(N)N)NC(N)=O)C(=O)O)NC(C)=O. The largest absolute Gasteiger partial charge is 0.481 e. The van der Waals surface area contributed by atoms with Crippen LogP contribution in [0.1, 0.15) is 143 Å². The molecule has 0 aromatic rings. The lowest BCUT2D eigenvalue weighted by Gasteiger charge is -2.28. The number of carboxylic acid groups (broad SMARTS) is 1. The van der Waals surface area contributed by atoms with Crippen LogP contribution in [0.4, 0.5) is 4.79 Å². The van der Waals surface area contributed by atoms with Gasteiger partial charge < -0.3 is 145 Å². The van der Waals surface area contributed by atoms with E-state index in [4.69, 9.17) is 97.5 Å². The molecule has 0 aromatic carbocycles. The number of hydrazine groups is 1. The number of guanidine groups is 8. The number of carbonyl (C=O) groups is 12. The summed E-state index contributed by atoms with van der Waals surface area (Å²) in [5, 5.41) is 30.7. The van der Waals surface area contributed by atoms with Gasteiger partial charge in [0.2, 0.25) is 58.8 Å². The highest BCUT2D eigenvalue weighted by Gasteiger charge is 2.37. The number of ketones is 2. The highest BCUT2D eigenvalue weighted by Crippen LogP contribution is 2.20. The molecule has 0 saturated heterocycles. The van der Waals surface area contributed by atoms with Gasteiger partial charge >= 0.3 is 12.0 Å². The van der Waals surface area contributed by atoms with E-state index in [0.717, 1.165) is 0 Å². The van der Waals surface area contributed by atoms with Crippen LogP contribution < -0.4 is 151 Å². The van der Waals surface area contributed by atoms with Gasteiger partial charge in [0.25, 0.3) is 0 Å². The molecule has 11 atom stereocenters. The van der Waals surface area contributed by atoms with Crippen molar-refractivity contribution in [3.8, 4) is 0 Å². The van der Waals surface area contributed by atoms with E-state index >= 15 is 0 Å². The average Bonchev–Trinajstić information content (AvgIpc) is 0.851. The molecule has 48 nitrogen and oxygen atoms in total. The van der Waals surface area contributed by atoms with E-state index in [9.17, 15) is 62.6 Å². The van der Waals surface area contributed by atoms with E-state index in [1.54, 1.807) is 6.92 Å². The van der Waals surface area contributed by atoms with Gasteiger partial charge in [0, 0.05) is 71.2 Å². The Morgan fingerprint density at radius 3 is 0.771 bits per heavy atom. The quantitative estimate of drug-likeness (QED) is 0.00884. The van der Waals surface area contributed by atoms with Crippen molar-refractivity contribution < 1.29 is 62.6 Å². The molecule has 7 unspecified atom stereocenters. The molecule has 45 N–H and O–H groups in total. The number of hydrogen-bond acceptors (Lipinski definition) is 21. The molecule has 0 saturated carbocycles. The Morgan fingerprint density at radius 2 is 0.541 bits per heavy atom. The van der Waals surface area contributed by atoms with Gasteiger partial charge in [0.1, 0.15) is 36.3 Å². The third-order valence-corrected chi connectivity index (χ3v) is 15.8. The first kappa shape index (κ1) is 97.0. The molecule has 0 spiro atoms. The number of hydrogen-bond donors (Lipinski definition) is 28. The third-order valence-electron chi connectivity index (χ3n) is 15.8.